The van der Waals surface area contributed by atoms with Crippen LogP contribution in [0.1, 0.15) is 41.0 Å². The quantitative estimate of drug-likeness (QED) is 0.795. The highest BCUT2D eigenvalue weighted by Gasteiger charge is 2.32. The van der Waals surface area contributed by atoms with Crippen molar-refractivity contribution in [3.63, 3.8) is 0 Å². The Kier molecular flexibility index (Phi) is 6.27. The van der Waals surface area contributed by atoms with E-state index in [1.54, 1.807) is 0 Å². The summed E-state index contributed by atoms with van der Waals surface area (Å²) >= 11 is 0. The van der Waals surface area contributed by atoms with Crippen molar-refractivity contribution in [2.24, 2.45) is 5.92 Å². The third-order valence-electron chi connectivity index (χ3n) is 3.84. The van der Waals surface area contributed by atoms with Gasteiger partial charge in [0.1, 0.15) is 0 Å². The van der Waals surface area contributed by atoms with Gasteiger partial charge in [-0.1, -0.05) is 20.8 Å². The molecular weight excluding hydrogens is 238 g/mol. The number of amides is 1. The Morgan fingerprint density at radius 1 is 1.21 bits per heavy atom. The van der Waals surface area contributed by atoms with Crippen molar-refractivity contribution in [1.29, 1.82) is 0 Å². The summed E-state index contributed by atoms with van der Waals surface area (Å²) in [6.45, 7) is 16.3. The molecule has 0 bridgehead atoms. The van der Waals surface area contributed by atoms with Gasteiger partial charge in [0.25, 0.3) is 0 Å². The lowest BCUT2D eigenvalue weighted by atomic mass is 10.0. The molecule has 0 aromatic heterocycles. The van der Waals surface area contributed by atoms with Crippen LogP contribution in [0.5, 0.6) is 0 Å². The lowest BCUT2D eigenvalue weighted by molar-refractivity contribution is -0.138. The molecule has 0 aromatic carbocycles. The van der Waals surface area contributed by atoms with Gasteiger partial charge in [-0.2, -0.15) is 0 Å². The van der Waals surface area contributed by atoms with Crippen molar-refractivity contribution in [1.82, 2.24) is 15.1 Å². The second-order valence-corrected chi connectivity index (χ2v) is 6.47. The maximum atomic E-state index is 12.4. The van der Waals surface area contributed by atoms with Gasteiger partial charge in [0, 0.05) is 26.2 Å². The van der Waals surface area contributed by atoms with Gasteiger partial charge in [-0.15, -0.1) is 0 Å². The van der Waals surface area contributed by atoms with Crippen molar-refractivity contribution >= 4 is 5.91 Å². The topological polar surface area (TPSA) is 35.6 Å². The van der Waals surface area contributed by atoms with Gasteiger partial charge < -0.3 is 10.2 Å². The summed E-state index contributed by atoms with van der Waals surface area (Å²) in [7, 11) is 0. The van der Waals surface area contributed by atoms with Crippen LogP contribution in [0.3, 0.4) is 0 Å². The molecule has 1 heterocycles. The number of hydrogen-bond acceptors (Lipinski definition) is 3. The van der Waals surface area contributed by atoms with Crippen LogP contribution in [0.15, 0.2) is 0 Å². The van der Waals surface area contributed by atoms with Crippen LogP contribution in [0.2, 0.25) is 0 Å². The molecule has 1 N–H and O–H groups in total. The molecule has 1 saturated heterocycles. The fourth-order valence-corrected chi connectivity index (χ4v) is 2.53. The molecule has 0 atom stereocenters. The predicted octanol–water partition coefficient (Wildman–Crippen LogP) is 1.56. The van der Waals surface area contributed by atoms with Crippen molar-refractivity contribution < 1.29 is 4.79 Å². The van der Waals surface area contributed by atoms with Crippen LogP contribution in [0, 0.1) is 5.92 Å². The third-order valence-corrected chi connectivity index (χ3v) is 3.84. The first-order chi connectivity index (χ1) is 8.86. The van der Waals surface area contributed by atoms with Crippen molar-refractivity contribution in [3.05, 3.63) is 0 Å². The van der Waals surface area contributed by atoms with E-state index >= 15 is 0 Å². The highest BCUT2D eigenvalue weighted by Crippen LogP contribution is 2.12. The molecule has 1 fully saturated rings. The minimum absolute atomic E-state index is 0.234. The Morgan fingerprint density at radius 2 is 1.79 bits per heavy atom. The van der Waals surface area contributed by atoms with E-state index in [2.05, 4.69) is 24.1 Å². The number of nitrogens with one attached hydrogen (secondary N) is 1. The molecule has 4 heteroatoms. The first-order valence-corrected chi connectivity index (χ1v) is 7.63. The summed E-state index contributed by atoms with van der Waals surface area (Å²) in [5, 5.41) is 3.27. The van der Waals surface area contributed by atoms with Crippen LogP contribution in [0.4, 0.5) is 0 Å². The Hall–Kier alpha value is -0.610. The number of carbonyl (C=O) groups is 1. The highest BCUT2D eigenvalue weighted by molar-refractivity contribution is 5.85. The Bertz CT molecular complexity index is 281. The van der Waals surface area contributed by atoms with E-state index in [0.29, 0.717) is 0 Å². The summed E-state index contributed by atoms with van der Waals surface area (Å²) in [5.41, 5.74) is -0.436. The summed E-state index contributed by atoms with van der Waals surface area (Å²) in [4.78, 5) is 16.9. The maximum absolute atomic E-state index is 12.4. The van der Waals surface area contributed by atoms with Gasteiger partial charge in [0.2, 0.25) is 5.91 Å². The predicted molar refractivity (Wildman–Crippen MR) is 80.2 cm³/mol. The molecule has 0 saturated carbocycles. The minimum Gasteiger partial charge on any atom is -0.339 e. The van der Waals surface area contributed by atoms with Gasteiger partial charge in [-0.25, -0.2) is 0 Å². The summed E-state index contributed by atoms with van der Waals surface area (Å²) in [5.74, 6) is 0.991. The smallest absolute Gasteiger partial charge is 0.242 e. The Labute approximate surface area is 118 Å². The first-order valence-electron chi connectivity index (χ1n) is 7.63. The van der Waals surface area contributed by atoms with E-state index in [1.807, 2.05) is 25.7 Å². The number of nitrogens with zero attached hydrogens (tertiary/aromatic N) is 2. The van der Waals surface area contributed by atoms with Gasteiger partial charge in [0.15, 0.2) is 0 Å². The van der Waals surface area contributed by atoms with Gasteiger partial charge in [-0.05, 0) is 39.3 Å². The zero-order valence-corrected chi connectivity index (χ0v) is 13.3. The SMILES string of the molecule is CCNC(C)(C)C(=O)N1CCN(CCC(C)C)CC1. The monoisotopic (exact) mass is 269 g/mol. The van der Waals surface area contributed by atoms with Crippen molar-refractivity contribution in [2.75, 3.05) is 39.3 Å². The fraction of sp³-hybridized carbons (Fsp3) is 0.933. The summed E-state index contributed by atoms with van der Waals surface area (Å²) < 4.78 is 0. The zero-order chi connectivity index (χ0) is 14.5. The van der Waals surface area contributed by atoms with E-state index in [1.165, 1.54) is 6.42 Å². The molecule has 4 nitrogen and oxygen atoms in total. The summed E-state index contributed by atoms with van der Waals surface area (Å²) in [6.07, 6.45) is 1.25. The van der Waals surface area contributed by atoms with E-state index in [-0.39, 0.29) is 5.91 Å². The van der Waals surface area contributed by atoms with Gasteiger partial charge in [-0.3, -0.25) is 9.69 Å². The highest BCUT2D eigenvalue weighted by atomic mass is 16.2. The van der Waals surface area contributed by atoms with Crippen molar-refractivity contribution in [3.8, 4) is 0 Å². The Balaban J connectivity index is 2.39. The number of rotatable bonds is 6. The first kappa shape index (κ1) is 16.4. The van der Waals surface area contributed by atoms with E-state index in [4.69, 9.17) is 0 Å². The number of carbonyl (C=O) groups excluding carboxylic acids is 1. The van der Waals surface area contributed by atoms with Crippen LogP contribution < -0.4 is 5.32 Å². The Morgan fingerprint density at radius 3 is 2.26 bits per heavy atom. The van der Waals surface area contributed by atoms with Crippen LogP contribution >= 0.6 is 0 Å². The normalized spacial score (nSPS) is 18.1. The maximum Gasteiger partial charge on any atom is 0.242 e. The molecular formula is C15H31N3O. The van der Waals surface area contributed by atoms with Crippen LogP contribution in [-0.2, 0) is 4.79 Å². The molecule has 0 unspecified atom stereocenters. The van der Waals surface area contributed by atoms with Gasteiger partial charge >= 0.3 is 0 Å². The lowest BCUT2D eigenvalue weighted by Gasteiger charge is -2.39. The minimum atomic E-state index is -0.436. The van der Waals surface area contributed by atoms with E-state index < -0.39 is 5.54 Å². The largest absolute Gasteiger partial charge is 0.339 e. The van der Waals surface area contributed by atoms with Gasteiger partial charge in [0.05, 0.1) is 5.54 Å². The molecule has 0 radical (unpaired) electrons. The molecule has 1 rings (SSSR count). The number of piperazine rings is 1. The molecule has 0 aliphatic carbocycles. The number of hydrogen-bond donors (Lipinski definition) is 1. The molecule has 19 heavy (non-hydrogen) atoms. The third kappa shape index (κ3) is 5.11. The number of likely N-dealkylation sites (N-methyl/N-ethyl adjacent to an activating group) is 1. The van der Waals surface area contributed by atoms with E-state index in [0.717, 1.165) is 45.2 Å². The van der Waals surface area contributed by atoms with Crippen molar-refractivity contribution in [2.45, 2.75) is 46.6 Å². The second-order valence-electron chi connectivity index (χ2n) is 6.47. The average Bonchev–Trinajstić information content (AvgIpc) is 2.36. The molecule has 112 valence electrons. The lowest BCUT2D eigenvalue weighted by Crippen LogP contribution is -2.58. The zero-order valence-electron chi connectivity index (χ0n) is 13.3. The summed E-state index contributed by atoms with van der Waals surface area (Å²) in [6, 6.07) is 0. The van der Waals surface area contributed by atoms with Crippen LogP contribution in [0.25, 0.3) is 0 Å². The van der Waals surface area contributed by atoms with Crippen LogP contribution in [-0.4, -0.2) is 60.5 Å². The molecule has 1 aliphatic rings. The molecule has 0 spiro atoms. The van der Waals surface area contributed by atoms with E-state index in [9.17, 15) is 4.79 Å². The average molecular weight is 269 g/mol. The fourth-order valence-electron chi connectivity index (χ4n) is 2.53. The standard InChI is InChI=1S/C15H31N3O/c1-6-16-15(4,5)14(19)18-11-9-17(10-12-18)8-7-13(2)3/h13,16H,6-12H2,1-5H3. The second kappa shape index (κ2) is 7.25. The molecule has 1 aliphatic heterocycles. The molecule has 1 amide bonds. The molecule has 0 aromatic rings.